The van der Waals surface area contributed by atoms with Crippen molar-refractivity contribution in [1.29, 1.82) is 0 Å². The van der Waals surface area contributed by atoms with Gasteiger partial charge >= 0.3 is 0 Å². The molecule has 3 aromatic rings. The molecule has 0 aliphatic carbocycles. The summed E-state index contributed by atoms with van der Waals surface area (Å²) in [6.07, 6.45) is 2.00. The Balaban J connectivity index is 2.28. The molecule has 0 radical (unpaired) electrons. The van der Waals surface area contributed by atoms with E-state index in [9.17, 15) is 0 Å². The van der Waals surface area contributed by atoms with Crippen LogP contribution in [0, 0.1) is 6.92 Å². The summed E-state index contributed by atoms with van der Waals surface area (Å²) in [5.41, 5.74) is 4.21. The van der Waals surface area contributed by atoms with E-state index in [-0.39, 0.29) is 0 Å². The quantitative estimate of drug-likeness (QED) is 0.603. The molecule has 4 heteroatoms. The molecule has 0 saturated heterocycles. The van der Waals surface area contributed by atoms with E-state index in [0.29, 0.717) is 0 Å². The predicted octanol–water partition coefficient (Wildman–Crippen LogP) is 4.83. The van der Waals surface area contributed by atoms with Crippen molar-refractivity contribution in [2.45, 2.75) is 6.92 Å². The molecule has 0 fully saturated rings. The van der Waals surface area contributed by atoms with Gasteiger partial charge in [-0.1, -0.05) is 34.1 Å². The Morgan fingerprint density at radius 1 is 1.11 bits per heavy atom. The van der Waals surface area contributed by atoms with E-state index < -0.39 is 0 Å². The second-order valence-corrected chi connectivity index (χ2v) is 5.77. The van der Waals surface area contributed by atoms with Gasteiger partial charge in [0.15, 0.2) is 0 Å². The number of aromatic nitrogens is 2. The highest BCUT2D eigenvalue weighted by Crippen LogP contribution is 2.34. The maximum Gasteiger partial charge on any atom is 0.138 e. The van der Waals surface area contributed by atoms with E-state index in [2.05, 4.69) is 62.0 Å². The van der Waals surface area contributed by atoms with Crippen LogP contribution >= 0.6 is 31.9 Å². The number of aryl methyl sites for hydroxylation is 1. The van der Waals surface area contributed by atoms with E-state index >= 15 is 0 Å². The van der Waals surface area contributed by atoms with Crippen LogP contribution < -0.4 is 0 Å². The molecule has 0 aliphatic rings. The SMILES string of the molecule is Cc1ccc(-c2nc3ccccn3c2Br)c(Br)c1. The van der Waals surface area contributed by atoms with Crippen LogP contribution in [0.15, 0.2) is 51.7 Å². The van der Waals surface area contributed by atoms with E-state index in [1.807, 2.05) is 28.8 Å². The first-order valence-corrected chi connectivity index (χ1v) is 7.14. The second-order valence-electron chi connectivity index (χ2n) is 4.16. The van der Waals surface area contributed by atoms with Crippen molar-refractivity contribution in [3.05, 3.63) is 57.2 Å². The molecule has 0 amide bonds. The zero-order valence-corrected chi connectivity index (χ0v) is 12.9. The normalized spacial score (nSPS) is 11.1. The Morgan fingerprint density at radius 3 is 2.67 bits per heavy atom. The summed E-state index contributed by atoms with van der Waals surface area (Å²) in [6.45, 7) is 2.08. The van der Waals surface area contributed by atoms with Gasteiger partial charge in [-0.2, -0.15) is 0 Å². The van der Waals surface area contributed by atoms with Crippen LogP contribution in [0.4, 0.5) is 0 Å². The number of halogens is 2. The Kier molecular flexibility index (Phi) is 2.99. The molecule has 1 aromatic carbocycles. The third kappa shape index (κ3) is 1.89. The Bertz CT molecular complexity index is 732. The van der Waals surface area contributed by atoms with Crippen LogP contribution in [0.5, 0.6) is 0 Å². The van der Waals surface area contributed by atoms with Gasteiger partial charge in [-0.05, 0) is 46.6 Å². The molecule has 0 N–H and O–H groups in total. The number of nitrogens with zero attached hydrogens (tertiary/aromatic N) is 2. The topological polar surface area (TPSA) is 17.3 Å². The fourth-order valence-electron chi connectivity index (χ4n) is 1.95. The first-order chi connectivity index (χ1) is 8.66. The number of rotatable bonds is 1. The number of pyridine rings is 1. The van der Waals surface area contributed by atoms with Crippen molar-refractivity contribution in [3.8, 4) is 11.3 Å². The van der Waals surface area contributed by atoms with Crippen molar-refractivity contribution in [3.63, 3.8) is 0 Å². The maximum absolute atomic E-state index is 4.66. The highest BCUT2D eigenvalue weighted by molar-refractivity contribution is 9.11. The molecule has 0 unspecified atom stereocenters. The third-order valence-corrected chi connectivity index (χ3v) is 4.27. The molecule has 90 valence electrons. The summed E-state index contributed by atoms with van der Waals surface area (Å²) in [7, 11) is 0. The molecule has 2 aromatic heterocycles. The molecule has 0 saturated carbocycles. The Hall–Kier alpha value is -1.13. The fraction of sp³-hybridized carbons (Fsp3) is 0.0714. The van der Waals surface area contributed by atoms with Gasteiger partial charge in [-0.15, -0.1) is 0 Å². The van der Waals surface area contributed by atoms with Crippen molar-refractivity contribution in [2.24, 2.45) is 0 Å². The van der Waals surface area contributed by atoms with E-state index in [1.165, 1.54) is 5.56 Å². The van der Waals surface area contributed by atoms with Crippen LogP contribution in [-0.4, -0.2) is 9.38 Å². The summed E-state index contributed by atoms with van der Waals surface area (Å²) >= 11 is 7.23. The average molecular weight is 366 g/mol. The molecule has 18 heavy (non-hydrogen) atoms. The lowest BCUT2D eigenvalue weighted by atomic mass is 10.1. The summed E-state index contributed by atoms with van der Waals surface area (Å²) < 4.78 is 4.07. The first kappa shape index (κ1) is 11.9. The molecular weight excluding hydrogens is 356 g/mol. The molecule has 0 atom stereocenters. The molecule has 0 spiro atoms. The highest BCUT2D eigenvalue weighted by atomic mass is 79.9. The third-order valence-electron chi connectivity index (χ3n) is 2.85. The van der Waals surface area contributed by atoms with Crippen molar-refractivity contribution < 1.29 is 0 Å². The lowest BCUT2D eigenvalue weighted by molar-refractivity contribution is 1.15. The van der Waals surface area contributed by atoms with E-state index in [1.54, 1.807) is 0 Å². The van der Waals surface area contributed by atoms with Gasteiger partial charge in [-0.3, -0.25) is 4.40 Å². The van der Waals surface area contributed by atoms with Crippen LogP contribution in [0.3, 0.4) is 0 Å². The van der Waals surface area contributed by atoms with Crippen molar-refractivity contribution >= 4 is 37.5 Å². The predicted molar refractivity (Wildman–Crippen MR) is 80.8 cm³/mol. The monoisotopic (exact) mass is 364 g/mol. The van der Waals surface area contributed by atoms with Crippen LogP contribution in [-0.2, 0) is 0 Å². The smallest absolute Gasteiger partial charge is 0.138 e. The Morgan fingerprint density at radius 2 is 1.94 bits per heavy atom. The zero-order chi connectivity index (χ0) is 12.7. The number of hydrogen-bond acceptors (Lipinski definition) is 1. The fourth-order valence-corrected chi connectivity index (χ4v) is 3.23. The highest BCUT2D eigenvalue weighted by Gasteiger charge is 2.13. The summed E-state index contributed by atoms with van der Waals surface area (Å²) in [5, 5.41) is 0. The largest absolute Gasteiger partial charge is 0.294 e. The van der Waals surface area contributed by atoms with Crippen LogP contribution in [0.2, 0.25) is 0 Å². The van der Waals surface area contributed by atoms with Gasteiger partial charge in [0, 0.05) is 16.2 Å². The number of benzene rings is 1. The summed E-state index contributed by atoms with van der Waals surface area (Å²) in [5.74, 6) is 0. The molecule has 0 aliphatic heterocycles. The molecule has 2 nitrogen and oxygen atoms in total. The van der Waals surface area contributed by atoms with Gasteiger partial charge in [0.25, 0.3) is 0 Å². The van der Waals surface area contributed by atoms with Gasteiger partial charge in [0.1, 0.15) is 15.9 Å². The van der Waals surface area contributed by atoms with Gasteiger partial charge < -0.3 is 0 Å². The zero-order valence-electron chi connectivity index (χ0n) is 9.69. The van der Waals surface area contributed by atoms with Gasteiger partial charge in [0.05, 0.1) is 0 Å². The van der Waals surface area contributed by atoms with Crippen molar-refractivity contribution in [1.82, 2.24) is 9.38 Å². The standard InChI is InChI=1S/C14H10Br2N2/c1-9-5-6-10(11(15)8-9)13-14(16)18-7-3-2-4-12(18)17-13/h2-8H,1H3. The Labute approximate surface area is 122 Å². The van der Waals surface area contributed by atoms with Crippen molar-refractivity contribution in [2.75, 3.05) is 0 Å². The lowest BCUT2D eigenvalue weighted by Crippen LogP contribution is -1.84. The second kappa shape index (κ2) is 4.52. The van der Waals surface area contributed by atoms with E-state index in [0.717, 1.165) is 26.0 Å². The number of imidazole rings is 1. The minimum absolute atomic E-state index is 0.937. The lowest BCUT2D eigenvalue weighted by Gasteiger charge is -2.03. The molecule has 0 bridgehead atoms. The van der Waals surface area contributed by atoms with Gasteiger partial charge in [0.2, 0.25) is 0 Å². The van der Waals surface area contributed by atoms with E-state index in [4.69, 9.17) is 0 Å². The summed E-state index contributed by atoms with van der Waals surface area (Å²) in [4.78, 5) is 4.66. The molecule has 2 heterocycles. The summed E-state index contributed by atoms with van der Waals surface area (Å²) in [6, 6.07) is 12.3. The van der Waals surface area contributed by atoms with Crippen LogP contribution in [0.25, 0.3) is 16.9 Å². The van der Waals surface area contributed by atoms with Crippen LogP contribution in [0.1, 0.15) is 5.56 Å². The van der Waals surface area contributed by atoms with Gasteiger partial charge in [-0.25, -0.2) is 4.98 Å². The minimum atomic E-state index is 0.937. The molecule has 3 rings (SSSR count). The number of fused-ring (bicyclic) bond motifs is 1. The first-order valence-electron chi connectivity index (χ1n) is 5.56. The molecular formula is C14H10Br2N2. The average Bonchev–Trinajstić information content (AvgIpc) is 2.68. The minimum Gasteiger partial charge on any atom is -0.294 e. The maximum atomic E-state index is 4.66. The number of hydrogen-bond donors (Lipinski definition) is 0.